The number of rotatable bonds is 5. The summed E-state index contributed by atoms with van der Waals surface area (Å²) in [4.78, 5) is -2.87. The van der Waals surface area contributed by atoms with E-state index < -0.39 is 125 Å². The zero-order valence-corrected chi connectivity index (χ0v) is 29.8. The SMILES string of the molecule is N#Cc1nn(-c2c(Cl)cc(C(F)(F)F)cc2Cl)c(N)c1S(=O)C(F)(F)F.NC(=S)c1nn(-c2c(Cl)cc(C(F)(F)F)cc2Cl)c(N)c1S(=O)C(F)(F)F. The monoisotopic (exact) mass is 906 g/mol. The summed E-state index contributed by atoms with van der Waals surface area (Å²) in [6.07, 6.45) is -9.57. The second-order valence-electron chi connectivity index (χ2n) is 9.43. The van der Waals surface area contributed by atoms with Gasteiger partial charge >= 0.3 is 23.4 Å². The molecule has 29 heteroatoms. The number of thiocarbonyl (C=S) groups is 1. The average molecular weight is 908 g/mol. The van der Waals surface area contributed by atoms with Crippen molar-refractivity contribution < 1.29 is 61.1 Å². The number of nitrogen functional groups attached to an aromatic ring is 2. The molecule has 0 saturated carbocycles. The first-order valence-corrected chi connectivity index (χ1v) is 16.7. The summed E-state index contributed by atoms with van der Waals surface area (Å²) in [5.41, 5.74) is 0.830. The van der Waals surface area contributed by atoms with Crippen LogP contribution in [-0.2, 0) is 34.0 Å². The van der Waals surface area contributed by atoms with Gasteiger partial charge in [0, 0.05) is 0 Å². The lowest BCUT2D eigenvalue weighted by atomic mass is 10.2. The zero-order chi connectivity index (χ0) is 40.9. The predicted molar refractivity (Wildman–Crippen MR) is 172 cm³/mol. The number of alkyl halides is 12. The summed E-state index contributed by atoms with van der Waals surface area (Å²) in [5.74, 6) is -1.75. The van der Waals surface area contributed by atoms with Crippen LogP contribution in [0.15, 0.2) is 34.1 Å². The first-order valence-electron chi connectivity index (χ1n) is 12.5. The van der Waals surface area contributed by atoms with Crippen LogP contribution in [-0.4, -0.2) is 44.0 Å². The Morgan fingerprint density at radius 3 is 1.30 bits per heavy atom. The molecular formula is C24H10Cl4F12N8O2S3. The molecule has 0 aliphatic rings. The molecule has 53 heavy (non-hydrogen) atoms. The molecule has 4 rings (SSSR count). The molecule has 10 nitrogen and oxygen atoms in total. The number of anilines is 2. The second-order valence-corrected chi connectivity index (χ2v) is 14.3. The smallest absolute Gasteiger partial charge is 0.388 e. The summed E-state index contributed by atoms with van der Waals surface area (Å²) in [6.45, 7) is 0. The molecule has 0 saturated heterocycles. The van der Waals surface area contributed by atoms with E-state index in [0.717, 1.165) is 0 Å². The molecule has 6 N–H and O–H groups in total. The first kappa shape index (κ1) is 43.9. The van der Waals surface area contributed by atoms with Gasteiger partial charge in [0.25, 0.3) is 0 Å². The van der Waals surface area contributed by atoms with Crippen LogP contribution in [0.2, 0.25) is 20.1 Å². The van der Waals surface area contributed by atoms with E-state index >= 15 is 0 Å². The minimum Gasteiger partial charge on any atom is -0.388 e. The van der Waals surface area contributed by atoms with Crippen molar-refractivity contribution in [2.75, 3.05) is 11.5 Å². The number of halogens is 16. The van der Waals surface area contributed by atoms with Gasteiger partial charge in [-0.2, -0.15) is 68.1 Å². The molecule has 0 fully saturated rings. The van der Waals surface area contributed by atoms with Crippen molar-refractivity contribution in [1.29, 1.82) is 5.26 Å². The number of nitrogens with two attached hydrogens (primary N) is 3. The van der Waals surface area contributed by atoms with Crippen LogP contribution < -0.4 is 17.2 Å². The summed E-state index contributed by atoms with van der Waals surface area (Å²) >= 11 is 27.6. The first-order chi connectivity index (χ1) is 23.9. The number of nitriles is 1. The molecule has 0 aliphatic heterocycles. The maximum atomic E-state index is 12.9. The Morgan fingerprint density at radius 2 is 1.00 bits per heavy atom. The molecule has 2 heterocycles. The van der Waals surface area contributed by atoms with Gasteiger partial charge in [0.15, 0.2) is 27.3 Å². The minimum absolute atomic E-state index is 0.433. The molecule has 4 aromatic rings. The quantitative estimate of drug-likeness (QED) is 0.132. The van der Waals surface area contributed by atoms with E-state index in [1.807, 2.05) is 0 Å². The van der Waals surface area contributed by atoms with E-state index in [1.165, 1.54) is 6.07 Å². The van der Waals surface area contributed by atoms with Crippen LogP contribution in [0.4, 0.5) is 64.3 Å². The Bertz CT molecular complexity index is 2170. The Balaban J connectivity index is 0.000000286. The number of hydrogen-bond acceptors (Lipinski definition) is 8. The van der Waals surface area contributed by atoms with Crippen molar-refractivity contribution in [2.45, 2.75) is 33.2 Å². The van der Waals surface area contributed by atoms with Crippen LogP contribution >= 0.6 is 58.6 Å². The minimum atomic E-state index is -5.25. The standard InChI is InChI=1S/C12H6Cl2F6N4OS2.C12H4Cl2F6N4OS/c13-4-1-3(11(15,16)17)2-5(14)7(4)24-9(21)8(6(23-24)10(22)26)27(25)12(18,19)20;13-5-1-4(11(15,16)17)2-6(14)8(5)24-10(22)9(7(3-21)23-24)26(25)12(18,19)20/h1-2H,21H2,(H2,22,26);1-2H,22H2. The Hall–Kier alpha value is -3.54. The van der Waals surface area contributed by atoms with Crippen molar-refractivity contribution in [2.24, 2.45) is 5.73 Å². The Morgan fingerprint density at radius 1 is 0.679 bits per heavy atom. The van der Waals surface area contributed by atoms with Gasteiger partial charge < -0.3 is 17.2 Å². The van der Waals surface area contributed by atoms with Crippen LogP contribution in [0.5, 0.6) is 0 Å². The lowest BCUT2D eigenvalue weighted by Crippen LogP contribution is -2.21. The fraction of sp³-hybridized carbons (Fsp3) is 0.167. The molecule has 288 valence electrons. The summed E-state index contributed by atoms with van der Waals surface area (Å²) < 4.78 is 178. The van der Waals surface area contributed by atoms with E-state index in [2.05, 4.69) is 22.4 Å². The van der Waals surface area contributed by atoms with Gasteiger partial charge in [-0.15, -0.1) is 0 Å². The van der Waals surface area contributed by atoms with E-state index in [1.54, 1.807) is 0 Å². The van der Waals surface area contributed by atoms with Gasteiger partial charge in [-0.25, -0.2) is 17.8 Å². The van der Waals surface area contributed by atoms with Gasteiger partial charge in [0.05, 0.1) is 31.2 Å². The van der Waals surface area contributed by atoms with Crippen molar-refractivity contribution in [3.8, 4) is 17.4 Å². The van der Waals surface area contributed by atoms with Gasteiger partial charge in [0.1, 0.15) is 49.6 Å². The highest BCUT2D eigenvalue weighted by molar-refractivity contribution is 7.86. The highest BCUT2D eigenvalue weighted by Gasteiger charge is 2.44. The third-order valence-electron chi connectivity index (χ3n) is 5.99. The maximum absolute atomic E-state index is 12.9. The molecule has 2 unspecified atom stereocenters. The van der Waals surface area contributed by atoms with Crippen LogP contribution in [0.1, 0.15) is 22.5 Å². The number of nitrogens with zero attached hydrogens (tertiary/aromatic N) is 5. The average Bonchev–Trinajstić information content (AvgIpc) is 3.50. The predicted octanol–water partition coefficient (Wildman–Crippen LogP) is 8.32. The lowest BCUT2D eigenvalue weighted by Gasteiger charge is -2.13. The maximum Gasteiger partial charge on any atom is 0.476 e. The molecule has 2 atom stereocenters. The molecule has 0 amide bonds. The third-order valence-corrected chi connectivity index (χ3v) is 9.73. The molecule has 2 aromatic heterocycles. The molecule has 2 aromatic carbocycles. The van der Waals surface area contributed by atoms with E-state index in [9.17, 15) is 61.1 Å². The summed E-state index contributed by atoms with van der Waals surface area (Å²) in [7, 11) is -7.38. The van der Waals surface area contributed by atoms with Crippen LogP contribution in [0.25, 0.3) is 11.4 Å². The summed E-state index contributed by atoms with van der Waals surface area (Å²) in [5, 5.41) is 13.4. The van der Waals surface area contributed by atoms with Gasteiger partial charge in [0.2, 0.25) is 0 Å². The van der Waals surface area contributed by atoms with Crippen LogP contribution in [0.3, 0.4) is 0 Å². The lowest BCUT2D eigenvalue weighted by molar-refractivity contribution is -0.138. The van der Waals surface area contributed by atoms with Crippen molar-refractivity contribution in [3.05, 3.63) is 66.9 Å². The van der Waals surface area contributed by atoms with E-state index in [0.29, 0.717) is 33.6 Å². The highest BCUT2D eigenvalue weighted by atomic mass is 35.5. The molecule has 0 spiro atoms. The van der Waals surface area contributed by atoms with Crippen LogP contribution in [0, 0.1) is 11.3 Å². The fourth-order valence-corrected chi connectivity index (χ4v) is 6.97. The molecular weight excluding hydrogens is 898 g/mol. The van der Waals surface area contributed by atoms with E-state index in [-0.39, 0.29) is 0 Å². The normalized spacial score (nSPS) is 13.6. The Labute approximate surface area is 316 Å². The topological polar surface area (TPSA) is 172 Å². The van der Waals surface area contributed by atoms with Crippen molar-refractivity contribution in [3.63, 3.8) is 0 Å². The van der Waals surface area contributed by atoms with E-state index in [4.69, 9.17) is 68.9 Å². The van der Waals surface area contributed by atoms with Gasteiger partial charge in [-0.3, -0.25) is 0 Å². The number of hydrogen-bond donors (Lipinski definition) is 3. The fourth-order valence-electron chi connectivity index (χ4n) is 3.87. The molecule has 0 aliphatic carbocycles. The number of aromatic nitrogens is 4. The Kier molecular flexibility index (Phi) is 12.7. The van der Waals surface area contributed by atoms with Gasteiger partial charge in [-0.05, 0) is 24.3 Å². The van der Waals surface area contributed by atoms with Crippen molar-refractivity contribution in [1.82, 2.24) is 19.6 Å². The highest BCUT2D eigenvalue weighted by Crippen LogP contribution is 2.42. The van der Waals surface area contributed by atoms with Gasteiger partial charge in [-0.1, -0.05) is 58.6 Å². The largest absolute Gasteiger partial charge is 0.476 e. The molecule has 0 radical (unpaired) electrons. The van der Waals surface area contributed by atoms with Crippen molar-refractivity contribution >= 4 is 96.8 Å². The molecule has 0 bridgehead atoms. The number of benzene rings is 2. The zero-order valence-electron chi connectivity index (χ0n) is 24.4. The third kappa shape index (κ3) is 9.23. The second kappa shape index (κ2) is 15.3. The summed E-state index contributed by atoms with van der Waals surface area (Å²) in [6, 6.07) is 3.15.